The lowest BCUT2D eigenvalue weighted by molar-refractivity contribution is -0.143. The molecule has 0 aliphatic rings. The molecule has 38 heavy (non-hydrogen) atoms. The third kappa shape index (κ3) is 8.83. The van der Waals surface area contributed by atoms with E-state index in [1.807, 2.05) is 24.3 Å². The topological polar surface area (TPSA) is 250 Å². The molecule has 11 N–H and O–H groups in total. The van der Waals surface area contributed by atoms with Crippen LogP contribution < -0.4 is 27.4 Å². The molecule has 0 aliphatic heterocycles. The SMILES string of the molecule is NCCCCC(NC(=O)C(CO)NC(=O)C(CC(=O)O)NC(=O)C(N)Cc1c[nH]c2ccccc12)C(=O)O. The molecule has 14 nitrogen and oxygen atoms in total. The highest BCUT2D eigenvalue weighted by Crippen LogP contribution is 2.18. The Hall–Kier alpha value is -4.01. The van der Waals surface area contributed by atoms with Crippen LogP contribution >= 0.6 is 0 Å². The summed E-state index contributed by atoms with van der Waals surface area (Å²) in [5.74, 6) is -5.57. The van der Waals surface area contributed by atoms with E-state index in [-0.39, 0.29) is 12.8 Å². The zero-order valence-corrected chi connectivity index (χ0v) is 20.7. The summed E-state index contributed by atoms with van der Waals surface area (Å²) in [4.78, 5) is 63.8. The fraction of sp³-hybridized carbons (Fsp3) is 0.458. The number of unbranched alkanes of at least 4 members (excludes halogenated alkanes) is 1. The van der Waals surface area contributed by atoms with E-state index in [0.717, 1.165) is 16.5 Å². The molecule has 0 saturated heterocycles. The first-order chi connectivity index (χ1) is 18.1. The number of nitrogens with two attached hydrogens (primary N) is 2. The second kappa shape index (κ2) is 14.7. The molecule has 0 bridgehead atoms. The molecule has 1 aromatic heterocycles. The summed E-state index contributed by atoms with van der Waals surface area (Å²) < 4.78 is 0. The summed E-state index contributed by atoms with van der Waals surface area (Å²) in [5.41, 5.74) is 13.0. The van der Waals surface area contributed by atoms with Gasteiger partial charge < -0.3 is 47.7 Å². The van der Waals surface area contributed by atoms with Crippen molar-refractivity contribution in [3.05, 3.63) is 36.0 Å². The summed E-state index contributed by atoms with van der Waals surface area (Å²) in [5, 5.41) is 35.7. The molecule has 14 heteroatoms. The third-order valence-corrected chi connectivity index (χ3v) is 5.84. The van der Waals surface area contributed by atoms with Crippen LogP contribution in [0.2, 0.25) is 0 Å². The van der Waals surface area contributed by atoms with Gasteiger partial charge in [0.25, 0.3) is 0 Å². The maximum atomic E-state index is 12.8. The number of benzene rings is 1. The van der Waals surface area contributed by atoms with E-state index in [1.165, 1.54) is 0 Å². The Kier molecular flexibility index (Phi) is 11.7. The van der Waals surface area contributed by atoms with Gasteiger partial charge in [-0.25, -0.2) is 4.79 Å². The first-order valence-corrected chi connectivity index (χ1v) is 12.0. The maximum absolute atomic E-state index is 12.8. The normalized spacial score (nSPS) is 14.2. The van der Waals surface area contributed by atoms with E-state index < -0.39 is 66.9 Å². The number of aliphatic carboxylic acids is 2. The zero-order chi connectivity index (χ0) is 28.2. The minimum atomic E-state index is -1.62. The molecule has 3 amide bonds. The summed E-state index contributed by atoms with van der Waals surface area (Å²) in [7, 11) is 0. The average Bonchev–Trinajstić information content (AvgIpc) is 3.28. The van der Waals surface area contributed by atoms with Crippen LogP contribution in [0.4, 0.5) is 0 Å². The molecular formula is C24H34N6O8. The van der Waals surface area contributed by atoms with Gasteiger partial charge in [0.2, 0.25) is 17.7 Å². The van der Waals surface area contributed by atoms with Gasteiger partial charge in [-0.2, -0.15) is 0 Å². The Morgan fingerprint density at radius 3 is 2.16 bits per heavy atom. The molecule has 4 unspecified atom stereocenters. The van der Waals surface area contributed by atoms with Gasteiger partial charge in [-0.15, -0.1) is 0 Å². The number of hydrogen-bond donors (Lipinski definition) is 9. The number of carbonyl (C=O) groups excluding carboxylic acids is 3. The standard InChI is InChI=1S/C24H34N6O8/c25-8-4-3-7-17(24(37)38)28-23(36)19(12-31)30-22(35)18(10-20(32)33)29-21(34)15(26)9-13-11-27-16-6-2-1-5-14(13)16/h1-2,5-6,11,15,17-19,27,31H,3-4,7-10,12,25-26H2,(H,28,36)(H,29,34)(H,30,35)(H,32,33)(H,37,38). The van der Waals surface area contributed by atoms with Crippen LogP contribution in [0.15, 0.2) is 30.5 Å². The van der Waals surface area contributed by atoms with Crippen molar-refractivity contribution in [2.24, 2.45) is 11.5 Å². The van der Waals surface area contributed by atoms with Crippen molar-refractivity contribution in [2.45, 2.75) is 56.3 Å². The van der Waals surface area contributed by atoms with Crippen LogP contribution in [0.1, 0.15) is 31.2 Å². The molecule has 0 radical (unpaired) electrons. The van der Waals surface area contributed by atoms with Crippen molar-refractivity contribution in [2.75, 3.05) is 13.2 Å². The maximum Gasteiger partial charge on any atom is 0.326 e. The van der Waals surface area contributed by atoms with Gasteiger partial charge >= 0.3 is 11.9 Å². The molecule has 1 aromatic carbocycles. The molecule has 4 atom stereocenters. The third-order valence-electron chi connectivity index (χ3n) is 5.84. The van der Waals surface area contributed by atoms with E-state index in [1.54, 1.807) is 6.20 Å². The second-order valence-electron chi connectivity index (χ2n) is 8.76. The van der Waals surface area contributed by atoms with Crippen LogP contribution in [-0.4, -0.2) is 87.3 Å². The predicted molar refractivity (Wildman–Crippen MR) is 136 cm³/mol. The number of carbonyl (C=O) groups is 5. The van der Waals surface area contributed by atoms with E-state index in [2.05, 4.69) is 20.9 Å². The summed E-state index contributed by atoms with van der Waals surface area (Å²) >= 11 is 0. The number of aromatic nitrogens is 1. The van der Waals surface area contributed by atoms with Crippen LogP contribution in [0.3, 0.4) is 0 Å². The summed E-state index contributed by atoms with van der Waals surface area (Å²) in [6, 6.07) is 1.75. The van der Waals surface area contributed by atoms with Crippen molar-refractivity contribution < 1.29 is 39.3 Å². The van der Waals surface area contributed by atoms with Gasteiger partial charge in [0.05, 0.1) is 19.1 Å². The number of rotatable bonds is 16. The Labute approximate surface area is 218 Å². The largest absolute Gasteiger partial charge is 0.481 e. The number of para-hydroxylation sites is 1. The van der Waals surface area contributed by atoms with Crippen LogP contribution in [0.5, 0.6) is 0 Å². The lowest BCUT2D eigenvalue weighted by atomic mass is 10.0. The molecule has 2 aromatic rings. The van der Waals surface area contributed by atoms with E-state index in [9.17, 15) is 39.3 Å². The smallest absolute Gasteiger partial charge is 0.326 e. The number of fused-ring (bicyclic) bond motifs is 1. The average molecular weight is 535 g/mol. The van der Waals surface area contributed by atoms with Gasteiger partial charge in [-0.1, -0.05) is 18.2 Å². The van der Waals surface area contributed by atoms with Crippen molar-refractivity contribution in [3.8, 4) is 0 Å². The number of H-pyrrole nitrogens is 1. The Balaban J connectivity index is 2.04. The van der Waals surface area contributed by atoms with E-state index in [4.69, 9.17) is 11.5 Å². The number of carboxylic acids is 2. The molecule has 0 spiro atoms. The number of carboxylic acid groups (broad SMARTS) is 2. The van der Waals surface area contributed by atoms with Crippen molar-refractivity contribution >= 4 is 40.6 Å². The van der Waals surface area contributed by atoms with Gasteiger partial charge in [0.1, 0.15) is 18.1 Å². The first kappa shape index (κ1) is 30.2. The number of aliphatic hydroxyl groups is 1. The number of nitrogens with one attached hydrogen (secondary N) is 4. The minimum absolute atomic E-state index is 0.0797. The zero-order valence-electron chi connectivity index (χ0n) is 20.7. The number of aromatic amines is 1. The van der Waals surface area contributed by atoms with Gasteiger partial charge in [0, 0.05) is 17.1 Å². The van der Waals surface area contributed by atoms with Gasteiger partial charge in [0.15, 0.2) is 0 Å². The van der Waals surface area contributed by atoms with Gasteiger partial charge in [-0.05, 0) is 43.9 Å². The molecule has 2 rings (SSSR count). The monoisotopic (exact) mass is 534 g/mol. The molecule has 208 valence electrons. The fourth-order valence-electron chi connectivity index (χ4n) is 3.78. The number of hydrogen-bond acceptors (Lipinski definition) is 8. The fourth-order valence-corrected chi connectivity index (χ4v) is 3.78. The molecular weight excluding hydrogens is 500 g/mol. The van der Waals surface area contributed by atoms with Crippen molar-refractivity contribution in [1.82, 2.24) is 20.9 Å². The summed E-state index contributed by atoms with van der Waals surface area (Å²) in [6.45, 7) is -0.557. The lowest BCUT2D eigenvalue weighted by Crippen LogP contribution is -2.58. The van der Waals surface area contributed by atoms with Gasteiger partial charge in [-0.3, -0.25) is 19.2 Å². The quantitative estimate of drug-likeness (QED) is 0.109. The Morgan fingerprint density at radius 1 is 0.895 bits per heavy atom. The van der Waals surface area contributed by atoms with Crippen molar-refractivity contribution in [1.29, 1.82) is 0 Å². The Morgan fingerprint density at radius 2 is 1.53 bits per heavy atom. The Bertz CT molecular complexity index is 1140. The van der Waals surface area contributed by atoms with E-state index in [0.29, 0.717) is 19.4 Å². The van der Waals surface area contributed by atoms with Crippen LogP contribution in [0, 0.1) is 0 Å². The first-order valence-electron chi connectivity index (χ1n) is 12.0. The highest BCUT2D eigenvalue weighted by atomic mass is 16.4. The van der Waals surface area contributed by atoms with Crippen LogP contribution in [-0.2, 0) is 30.4 Å². The van der Waals surface area contributed by atoms with Crippen molar-refractivity contribution in [3.63, 3.8) is 0 Å². The highest BCUT2D eigenvalue weighted by Gasteiger charge is 2.31. The lowest BCUT2D eigenvalue weighted by Gasteiger charge is -2.23. The van der Waals surface area contributed by atoms with E-state index >= 15 is 0 Å². The molecule has 1 heterocycles. The molecule has 0 aliphatic carbocycles. The molecule has 0 fully saturated rings. The summed E-state index contributed by atoms with van der Waals surface area (Å²) in [6.07, 6.45) is 2.02. The molecule has 0 saturated carbocycles. The highest BCUT2D eigenvalue weighted by molar-refractivity contribution is 5.96. The minimum Gasteiger partial charge on any atom is -0.481 e. The predicted octanol–water partition coefficient (Wildman–Crippen LogP) is -1.83. The number of amides is 3. The van der Waals surface area contributed by atoms with Crippen LogP contribution in [0.25, 0.3) is 10.9 Å². The second-order valence-corrected chi connectivity index (χ2v) is 8.76. The number of aliphatic hydroxyl groups excluding tert-OH is 1.